The van der Waals surface area contributed by atoms with Gasteiger partial charge >= 0.3 is 0 Å². The van der Waals surface area contributed by atoms with Gasteiger partial charge in [0.05, 0.1) is 25.4 Å². The molecule has 5 rings (SSSR count). The van der Waals surface area contributed by atoms with Gasteiger partial charge in [-0.2, -0.15) is 0 Å². The number of fused-ring (bicyclic) bond motifs is 1. The van der Waals surface area contributed by atoms with Crippen molar-refractivity contribution in [3.8, 4) is 23.1 Å². The van der Waals surface area contributed by atoms with Crippen LogP contribution in [-0.2, 0) is 4.74 Å². The van der Waals surface area contributed by atoms with Crippen LogP contribution in [0.5, 0.6) is 11.5 Å². The van der Waals surface area contributed by atoms with E-state index in [0.29, 0.717) is 35.6 Å². The van der Waals surface area contributed by atoms with E-state index in [2.05, 4.69) is 15.2 Å². The summed E-state index contributed by atoms with van der Waals surface area (Å²) in [5.41, 5.74) is 0.768. The Balaban J connectivity index is 1.43. The molecule has 0 amide bonds. The van der Waals surface area contributed by atoms with Crippen molar-refractivity contribution in [3.05, 3.63) is 24.2 Å². The van der Waals surface area contributed by atoms with E-state index >= 15 is 0 Å². The highest BCUT2D eigenvalue weighted by Gasteiger charge is 2.20. The molecule has 4 heterocycles. The number of nitrogens with one attached hydrogen (secondary N) is 1. The van der Waals surface area contributed by atoms with Crippen molar-refractivity contribution in [2.24, 2.45) is 0 Å². The Labute approximate surface area is 199 Å². The molecule has 182 valence electrons. The van der Waals surface area contributed by atoms with Crippen molar-refractivity contribution in [2.75, 3.05) is 51.9 Å². The zero-order valence-electron chi connectivity index (χ0n) is 20.0. The van der Waals surface area contributed by atoms with Crippen LogP contribution in [-0.4, -0.2) is 72.5 Å². The largest absolute Gasteiger partial charge is 0.493 e. The van der Waals surface area contributed by atoms with Crippen molar-refractivity contribution in [1.82, 2.24) is 19.9 Å². The average Bonchev–Trinajstić information content (AvgIpc) is 3.54. The van der Waals surface area contributed by atoms with Gasteiger partial charge in [-0.3, -0.25) is 0 Å². The predicted molar refractivity (Wildman–Crippen MR) is 130 cm³/mol. The van der Waals surface area contributed by atoms with Gasteiger partial charge in [0.25, 0.3) is 0 Å². The standard InChI is InChI=1S/C25H33N5O4/c1-17-26-16-23(34-17)25-28-20-15-22(33-11-5-10-30-8-3-4-9-30)21(31-2)14-19(20)24(29-25)27-18-6-12-32-13-7-18/h14-16,18H,3-13H2,1-2H3,(H,27,28,29). The van der Waals surface area contributed by atoms with E-state index in [1.807, 2.05) is 19.1 Å². The quantitative estimate of drug-likeness (QED) is 0.468. The van der Waals surface area contributed by atoms with Gasteiger partial charge in [-0.15, -0.1) is 0 Å². The maximum absolute atomic E-state index is 6.15. The van der Waals surface area contributed by atoms with Crippen LogP contribution in [0, 0.1) is 6.92 Å². The molecule has 2 saturated heterocycles. The van der Waals surface area contributed by atoms with Crippen molar-refractivity contribution in [3.63, 3.8) is 0 Å². The van der Waals surface area contributed by atoms with Crippen LogP contribution in [0.3, 0.4) is 0 Å². The van der Waals surface area contributed by atoms with Gasteiger partial charge in [0.1, 0.15) is 5.82 Å². The van der Waals surface area contributed by atoms with Crippen molar-refractivity contribution in [2.45, 2.75) is 45.1 Å². The fourth-order valence-electron chi connectivity index (χ4n) is 4.61. The number of ether oxygens (including phenoxy) is 3. The summed E-state index contributed by atoms with van der Waals surface area (Å²) in [6.07, 6.45) is 7.10. The van der Waals surface area contributed by atoms with Crippen LogP contribution in [0.15, 0.2) is 22.7 Å². The summed E-state index contributed by atoms with van der Waals surface area (Å²) < 4.78 is 23.1. The van der Waals surface area contributed by atoms with E-state index in [9.17, 15) is 0 Å². The lowest BCUT2D eigenvalue weighted by Gasteiger charge is -2.24. The number of benzene rings is 1. The molecule has 0 saturated carbocycles. The number of methoxy groups -OCH3 is 1. The topological polar surface area (TPSA) is 94.8 Å². The number of anilines is 1. The second-order valence-electron chi connectivity index (χ2n) is 8.94. The van der Waals surface area contributed by atoms with Gasteiger partial charge in [-0.25, -0.2) is 15.0 Å². The van der Waals surface area contributed by atoms with E-state index in [-0.39, 0.29) is 6.04 Å². The van der Waals surface area contributed by atoms with Crippen LogP contribution in [0.2, 0.25) is 0 Å². The second kappa shape index (κ2) is 10.6. The monoisotopic (exact) mass is 467 g/mol. The lowest BCUT2D eigenvalue weighted by Crippen LogP contribution is -2.28. The second-order valence-corrected chi connectivity index (χ2v) is 8.94. The molecule has 0 radical (unpaired) electrons. The van der Waals surface area contributed by atoms with Crippen molar-refractivity contribution >= 4 is 16.7 Å². The summed E-state index contributed by atoms with van der Waals surface area (Å²) in [5.74, 6) is 3.72. The molecule has 1 N–H and O–H groups in total. The highest BCUT2D eigenvalue weighted by atomic mass is 16.5. The first-order valence-electron chi connectivity index (χ1n) is 12.2. The number of rotatable bonds is 9. The summed E-state index contributed by atoms with van der Waals surface area (Å²) in [5, 5.41) is 4.48. The average molecular weight is 468 g/mol. The Morgan fingerprint density at radius 3 is 2.68 bits per heavy atom. The molecule has 0 atom stereocenters. The molecule has 9 nitrogen and oxygen atoms in total. The summed E-state index contributed by atoms with van der Waals surface area (Å²) >= 11 is 0. The first-order valence-corrected chi connectivity index (χ1v) is 12.2. The maximum atomic E-state index is 6.15. The fourth-order valence-corrected chi connectivity index (χ4v) is 4.61. The molecule has 3 aromatic rings. The first-order chi connectivity index (χ1) is 16.7. The van der Waals surface area contributed by atoms with E-state index in [4.69, 9.17) is 28.6 Å². The highest BCUT2D eigenvalue weighted by Crippen LogP contribution is 2.36. The number of hydrogen-bond donors (Lipinski definition) is 1. The van der Waals surface area contributed by atoms with E-state index in [1.54, 1.807) is 13.3 Å². The molecule has 0 spiro atoms. The third-order valence-electron chi connectivity index (χ3n) is 6.46. The summed E-state index contributed by atoms with van der Waals surface area (Å²) in [6, 6.07) is 4.18. The van der Waals surface area contributed by atoms with Crippen LogP contribution in [0.4, 0.5) is 5.82 Å². The molecule has 0 aliphatic carbocycles. The van der Waals surface area contributed by atoms with Crippen molar-refractivity contribution < 1.29 is 18.6 Å². The van der Waals surface area contributed by atoms with Crippen LogP contribution < -0.4 is 14.8 Å². The molecule has 2 fully saturated rings. The maximum Gasteiger partial charge on any atom is 0.199 e. The van der Waals surface area contributed by atoms with Gasteiger partial charge < -0.3 is 28.8 Å². The number of likely N-dealkylation sites (tertiary alicyclic amines) is 1. The molecule has 9 heteroatoms. The molecular weight excluding hydrogens is 434 g/mol. The summed E-state index contributed by atoms with van der Waals surface area (Å²) in [4.78, 5) is 16.3. The lowest BCUT2D eigenvalue weighted by atomic mass is 10.1. The van der Waals surface area contributed by atoms with E-state index in [1.165, 1.54) is 25.9 Å². The predicted octanol–water partition coefficient (Wildman–Crippen LogP) is 4.06. The third-order valence-corrected chi connectivity index (χ3v) is 6.46. The molecule has 34 heavy (non-hydrogen) atoms. The number of aromatic nitrogens is 3. The lowest BCUT2D eigenvalue weighted by molar-refractivity contribution is 0.0904. The zero-order chi connectivity index (χ0) is 23.3. The number of oxazole rings is 1. The van der Waals surface area contributed by atoms with Gasteiger partial charge in [-0.05, 0) is 51.3 Å². The Hall–Kier alpha value is -2.91. The Bertz CT molecular complexity index is 1110. The number of nitrogens with zero attached hydrogens (tertiary/aromatic N) is 4. The molecule has 2 aliphatic rings. The van der Waals surface area contributed by atoms with Gasteiger partial charge in [0.15, 0.2) is 29.0 Å². The number of hydrogen-bond acceptors (Lipinski definition) is 9. The SMILES string of the molecule is COc1cc2c(NC3CCOCC3)nc(-c3cnc(C)o3)nc2cc1OCCCN1CCCC1. The molecule has 1 aromatic carbocycles. The molecule has 2 aromatic heterocycles. The minimum atomic E-state index is 0.281. The smallest absolute Gasteiger partial charge is 0.199 e. The van der Waals surface area contributed by atoms with Crippen LogP contribution in [0.1, 0.15) is 38.0 Å². The Morgan fingerprint density at radius 1 is 1.12 bits per heavy atom. The first kappa shape index (κ1) is 22.9. The van der Waals surface area contributed by atoms with E-state index in [0.717, 1.165) is 55.7 Å². The van der Waals surface area contributed by atoms with Gasteiger partial charge in [-0.1, -0.05) is 0 Å². The zero-order valence-corrected chi connectivity index (χ0v) is 20.0. The Kier molecular flexibility index (Phi) is 7.10. The van der Waals surface area contributed by atoms with Gasteiger partial charge in [0, 0.05) is 44.2 Å². The third kappa shape index (κ3) is 5.26. The highest BCUT2D eigenvalue weighted by molar-refractivity contribution is 5.93. The summed E-state index contributed by atoms with van der Waals surface area (Å²) in [7, 11) is 1.66. The minimum Gasteiger partial charge on any atom is -0.493 e. The fraction of sp³-hybridized carbons (Fsp3) is 0.560. The van der Waals surface area contributed by atoms with Gasteiger partial charge in [0.2, 0.25) is 0 Å². The Morgan fingerprint density at radius 2 is 1.94 bits per heavy atom. The molecular formula is C25H33N5O4. The van der Waals surface area contributed by atoms with Crippen LogP contribution in [0.25, 0.3) is 22.5 Å². The van der Waals surface area contributed by atoms with Crippen molar-refractivity contribution in [1.29, 1.82) is 0 Å². The molecule has 0 bridgehead atoms. The van der Waals surface area contributed by atoms with Crippen LogP contribution >= 0.6 is 0 Å². The van der Waals surface area contributed by atoms with E-state index < -0.39 is 0 Å². The molecule has 0 unspecified atom stereocenters. The summed E-state index contributed by atoms with van der Waals surface area (Å²) in [6.45, 7) is 7.38. The normalized spacial score (nSPS) is 17.4. The number of aryl methyl sites for hydroxylation is 1. The minimum absolute atomic E-state index is 0.281. The molecule has 2 aliphatic heterocycles.